The summed E-state index contributed by atoms with van der Waals surface area (Å²) in [5.74, 6) is -0.461. The lowest BCUT2D eigenvalue weighted by Crippen LogP contribution is -2.48. The fourth-order valence-corrected chi connectivity index (χ4v) is 3.94. The quantitative estimate of drug-likeness (QED) is 0.850. The van der Waals surface area contributed by atoms with Gasteiger partial charge in [0.2, 0.25) is 0 Å². The minimum Gasteiger partial charge on any atom is -0.465 e. The van der Waals surface area contributed by atoms with Gasteiger partial charge >= 0.3 is 5.97 Å². The number of nitrogens with one attached hydrogen (secondary N) is 1. The molecule has 0 saturated carbocycles. The van der Waals surface area contributed by atoms with Crippen molar-refractivity contribution in [3.63, 3.8) is 0 Å². The highest BCUT2D eigenvalue weighted by molar-refractivity contribution is 7.07. The Hall–Kier alpha value is -2.12. The molecule has 0 radical (unpaired) electrons. The first-order valence-corrected chi connectivity index (χ1v) is 9.25. The van der Waals surface area contributed by atoms with Crippen molar-refractivity contribution in [2.24, 2.45) is 0 Å². The monoisotopic (exact) mass is 361 g/mol. The molecule has 1 aliphatic rings. The number of H-pyrrole nitrogens is 1. The standard InChI is InChI=1S/C18H23N3O3S/c1-12-15(18(23)24-3)13(2)19-16(12)17(22)21-7-5-20(6-8-21)10-14-4-9-25-11-14/h4,9,11,19H,5-8,10H2,1-3H3. The fourth-order valence-electron chi connectivity index (χ4n) is 3.28. The number of carbonyl (C=O) groups is 2. The Bertz CT molecular complexity index is 759. The molecule has 0 aromatic carbocycles. The second-order valence-electron chi connectivity index (χ2n) is 6.32. The van der Waals surface area contributed by atoms with E-state index in [0.29, 0.717) is 35.6 Å². The molecule has 0 bridgehead atoms. The van der Waals surface area contributed by atoms with Crippen LogP contribution in [0.25, 0.3) is 0 Å². The third-order valence-electron chi connectivity index (χ3n) is 4.69. The van der Waals surface area contributed by atoms with Gasteiger partial charge in [0, 0.05) is 38.4 Å². The maximum absolute atomic E-state index is 12.8. The van der Waals surface area contributed by atoms with E-state index in [1.807, 2.05) is 4.90 Å². The van der Waals surface area contributed by atoms with E-state index in [0.717, 1.165) is 19.6 Å². The number of methoxy groups -OCH3 is 1. The van der Waals surface area contributed by atoms with E-state index in [-0.39, 0.29) is 5.91 Å². The maximum Gasteiger partial charge on any atom is 0.339 e. The first-order valence-electron chi connectivity index (χ1n) is 8.31. The summed E-state index contributed by atoms with van der Waals surface area (Å²) in [6.45, 7) is 7.58. The number of hydrogen-bond donors (Lipinski definition) is 1. The average Bonchev–Trinajstić information content (AvgIpc) is 3.22. The molecule has 1 aliphatic heterocycles. The zero-order chi connectivity index (χ0) is 18.0. The SMILES string of the molecule is COC(=O)c1c(C)[nH]c(C(=O)N2CCN(Cc3ccsc3)CC2)c1C. The molecular formula is C18H23N3O3S. The Balaban J connectivity index is 1.66. The summed E-state index contributed by atoms with van der Waals surface area (Å²) in [5.41, 5.74) is 3.60. The number of aryl methyl sites for hydroxylation is 1. The summed E-state index contributed by atoms with van der Waals surface area (Å²) < 4.78 is 4.81. The van der Waals surface area contributed by atoms with Crippen molar-refractivity contribution in [2.75, 3.05) is 33.3 Å². The lowest BCUT2D eigenvalue weighted by atomic mass is 10.1. The first-order chi connectivity index (χ1) is 12.0. The number of hydrogen-bond acceptors (Lipinski definition) is 5. The number of carbonyl (C=O) groups excluding carboxylic acids is 2. The van der Waals surface area contributed by atoms with Gasteiger partial charge in [-0.15, -0.1) is 0 Å². The fraction of sp³-hybridized carbons (Fsp3) is 0.444. The van der Waals surface area contributed by atoms with Gasteiger partial charge < -0.3 is 14.6 Å². The summed E-state index contributed by atoms with van der Waals surface area (Å²) in [6, 6.07) is 2.14. The maximum atomic E-state index is 12.8. The third-order valence-corrected chi connectivity index (χ3v) is 5.42. The topological polar surface area (TPSA) is 65.6 Å². The number of esters is 1. The van der Waals surface area contributed by atoms with Crippen molar-refractivity contribution >= 4 is 23.2 Å². The molecule has 2 aromatic rings. The largest absolute Gasteiger partial charge is 0.465 e. The molecule has 0 unspecified atom stereocenters. The minimum absolute atomic E-state index is 0.0501. The average molecular weight is 361 g/mol. The van der Waals surface area contributed by atoms with E-state index in [2.05, 4.69) is 26.7 Å². The first kappa shape index (κ1) is 17.7. The summed E-state index contributed by atoms with van der Waals surface area (Å²) >= 11 is 1.71. The lowest BCUT2D eigenvalue weighted by molar-refractivity contribution is 0.0599. The Kier molecular flexibility index (Phi) is 5.24. The van der Waals surface area contributed by atoms with Gasteiger partial charge in [-0.3, -0.25) is 9.69 Å². The number of aromatic amines is 1. The number of ether oxygens (including phenoxy) is 1. The van der Waals surface area contributed by atoms with Gasteiger partial charge in [0.15, 0.2) is 0 Å². The molecule has 1 saturated heterocycles. The molecule has 0 atom stereocenters. The predicted octanol–water partition coefficient (Wildman–Crippen LogP) is 2.44. The molecule has 2 aromatic heterocycles. The van der Waals surface area contributed by atoms with Crippen LogP contribution in [0.2, 0.25) is 0 Å². The highest BCUT2D eigenvalue weighted by atomic mass is 32.1. The van der Waals surface area contributed by atoms with Gasteiger partial charge in [0.1, 0.15) is 5.69 Å². The molecule has 6 nitrogen and oxygen atoms in total. The predicted molar refractivity (Wildman–Crippen MR) is 97.1 cm³/mol. The van der Waals surface area contributed by atoms with E-state index in [4.69, 9.17) is 4.74 Å². The van der Waals surface area contributed by atoms with Crippen LogP contribution in [0.15, 0.2) is 16.8 Å². The van der Waals surface area contributed by atoms with Crippen molar-refractivity contribution in [1.82, 2.24) is 14.8 Å². The van der Waals surface area contributed by atoms with Crippen molar-refractivity contribution in [3.8, 4) is 0 Å². The van der Waals surface area contributed by atoms with Crippen LogP contribution in [0.3, 0.4) is 0 Å². The normalized spacial score (nSPS) is 15.4. The smallest absolute Gasteiger partial charge is 0.339 e. The van der Waals surface area contributed by atoms with Gasteiger partial charge in [-0.1, -0.05) is 0 Å². The molecule has 1 N–H and O–H groups in total. The molecule has 0 aliphatic carbocycles. The van der Waals surface area contributed by atoms with E-state index < -0.39 is 5.97 Å². The number of thiophene rings is 1. The lowest BCUT2D eigenvalue weighted by Gasteiger charge is -2.34. The number of piperazine rings is 1. The molecule has 3 heterocycles. The Labute approximate surface area is 151 Å². The van der Waals surface area contributed by atoms with Gasteiger partial charge in [-0.05, 0) is 41.8 Å². The van der Waals surface area contributed by atoms with E-state index in [1.165, 1.54) is 12.7 Å². The molecule has 0 spiro atoms. The summed E-state index contributed by atoms with van der Waals surface area (Å²) in [6.07, 6.45) is 0. The number of amides is 1. The molecular weight excluding hydrogens is 338 g/mol. The zero-order valence-electron chi connectivity index (χ0n) is 14.8. The minimum atomic E-state index is -0.411. The molecule has 25 heavy (non-hydrogen) atoms. The third kappa shape index (κ3) is 3.62. The molecule has 7 heteroatoms. The molecule has 1 amide bonds. The van der Waals surface area contributed by atoms with Gasteiger partial charge in [0.25, 0.3) is 5.91 Å². The molecule has 1 fully saturated rings. The highest BCUT2D eigenvalue weighted by Crippen LogP contribution is 2.21. The summed E-state index contributed by atoms with van der Waals surface area (Å²) in [4.78, 5) is 32.0. The van der Waals surface area contributed by atoms with Crippen molar-refractivity contribution in [2.45, 2.75) is 20.4 Å². The number of aromatic nitrogens is 1. The second-order valence-corrected chi connectivity index (χ2v) is 7.10. The van der Waals surface area contributed by atoms with Crippen LogP contribution in [0.1, 0.15) is 37.7 Å². The van der Waals surface area contributed by atoms with Gasteiger partial charge in [0.05, 0.1) is 12.7 Å². The van der Waals surface area contributed by atoms with Crippen LogP contribution in [-0.4, -0.2) is 59.9 Å². The van der Waals surface area contributed by atoms with E-state index in [1.54, 1.807) is 25.2 Å². The Morgan fingerprint density at radius 3 is 2.56 bits per heavy atom. The van der Waals surface area contributed by atoms with Crippen LogP contribution in [0.4, 0.5) is 0 Å². The van der Waals surface area contributed by atoms with Crippen LogP contribution in [-0.2, 0) is 11.3 Å². The van der Waals surface area contributed by atoms with Gasteiger partial charge in [-0.2, -0.15) is 11.3 Å². The highest BCUT2D eigenvalue weighted by Gasteiger charge is 2.27. The van der Waals surface area contributed by atoms with Crippen molar-refractivity contribution in [3.05, 3.63) is 44.9 Å². The van der Waals surface area contributed by atoms with Crippen molar-refractivity contribution < 1.29 is 14.3 Å². The van der Waals surface area contributed by atoms with Crippen LogP contribution >= 0.6 is 11.3 Å². The second kappa shape index (κ2) is 7.41. The van der Waals surface area contributed by atoms with E-state index in [9.17, 15) is 9.59 Å². The van der Waals surface area contributed by atoms with Crippen LogP contribution < -0.4 is 0 Å². The van der Waals surface area contributed by atoms with Crippen molar-refractivity contribution in [1.29, 1.82) is 0 Å². The van der Waals surface area contributed by atoms with Gasteiger partial charge in [-0.25, -0.2) is 4.79 Å². The van der Waals surface area contributed by atoms with Crippen LogP contribution in [0.5, 0.6) is 0 Å². The Morgan fingerprint density at radius 2 is 1.96 bits per heavy atom. The number of nitrogens with zero attached hydrogens (tertiary/aromatic N) is 2. The Morgan fingerprint density at radius 1 is 1.24 bits per heavy atom. The molecule has 3 rings (SSSR count). The van der Waals surface area contributed by atoms with Crippen LogP contribution in [0, 0.1) is 13.8 Å². The number of rotatable bonds is 4. The summed E-state index contributed by atoms with van der Waals surface area (Å²) in [5, 5.41) is 4.25. The zero-order valence-corrected chi connectivity index (χ0v) is 15.6. The molecule has 134 valence electrons. The van der Waals surface area contributed by atoms with E-state index >= 15 is 0 Å². The summed E-state index contributed by atoms with van der Waals surface area (Å²) in [7, 11) is 1.35.